The van der Waals surface area contributed by atoms with E-state index in [1.807, 2.05) is 0 Å². The van der Waals surface area contributed by atoms with Crippen LogP contribution in [0.4, 0.5) is 0 Å². The van der Waals surface area contributed by atoms with Crippen LogP contribution in [0.3, 0.4) is 0 Å². The molecular weight excluding hydrogens is 190 g/mol. The van der Waals surface area contributed by atoms with Gasteiger partial charge in [-0.05, 0) is 25.2 Å². The molecule has 0 saturated heterocycles. The molecule has 1 saturated carbocycles. The molecule has 1 aromatic heterocycles. The maximum absolute atomic E-state index is 10.7. The van der Waals surface area contributed by atoms with Crippen LogP contribution in [-0.2, 0) is 13.0 Å². The van der Waals surface area contributed by atoms with Crippen molar-refractivity contribution in [1.29, 1.82) is 0 Å². The Bertz CT molecular complexity index is 381. The largest absolute Gasteiger partial charge is 0.297 e. The van der Waals surface area contributed by atoms with Gasteiger partial charge in [0.25, 0.3) is 0 Å². The lowest BCUT2D eigenvalue weighted by atomic mass is 10.0. The first kappa shape index (κ1) is 9.09. The van der Waals surface area contributed by atoms with Gasteiger partial charge in [-0.1, -0.05) is 0 Å². The minimum Gasteiger partial charge on any atom is -0.297 e. The maximum atomic E-state index is 10.7. The quantitative estimate of drug-likeness (QED) is 0.749. The first-order valence-electron chi connectivity index (χ1n) is 5.60. The molecule has 1 aliphatic carbocycles. The maximum Gasteiger partial charge on any atom is 0.170 e. The highest BCUT2D eigenvalue weighted by Gasteiger charge is 2.27. The standard InChI is InChI=1S/C11H15N3O/c15-7-11-9-3-4-14(5-8-1-2-8)6-10(9)12-13-11/h7-8H,1-6H2,(H,12,13). The second-order valence-electron chi connectivity index (χ2n) is 4.61. The van der Waals surface area contributed by atoms with E-state index in [1.54, 1.807) is 0 Å². The molecule has 2 heterocycles. The fourth-order valence-electron chi connectivity index (χ4n) is 2.32. The molecular formula is C11H15N3O. The second kappa shape index (κ2) is 3.45. The number of carbonyl (C=O) groups excluding carboxylic acids is 1. The summed E-state index contributed by atoms with van der Waals surface area (Å²) in [6.45, 7) is 3.23. The summed E-state index contributed by atoms with van der Waals surface area (Å²) in [6.07, 6.45) is 4.61. The van der Waals surface area contributed by atoms with Crippen molar-refractivity contribution in [2.24, 2.45) is 5.92 Å². The summed E-state index contributed by atoms with van der Waals surface area (Å²) in [5, 5.41) is 7.00. The van der Waals surface area contributed by atoms with Crippen molar-refractivity contribution in [3.63, 3.8) is 0 Å². The number of aromatic amines is 1. The summed E-state index contributed by atoms with van der Waals surface area (Å²) in [4.78, 5) is 13.2. The molecule has 0 aromatic carbocycles. The van der Waals surface area contributed by atoms with Crippen LogP contribution >= 0.6 is 0 Å². The van der Waals surface area contributed by atoms with E-state index in [0.717, 1.165) is 43.0 Å². The molecule has 1 aliphatic heterocycles. The van der Waals surface area contributed by atoms with Crippen LogP contribution < -0.4 is 0 Å². The highest BCUT2D eigenvalue weighted by Crippen LogP contribution is 2.31. The van der Waals surface area contributed by atoms with E-state index >= 15 is 0 Å². The number of fused-ring (bicyclic) bond motifs is 1. The number of aldehydes is 1. The number of hydrogen-bond acceptors (Lipinski definition) is 3. The summed E-state index contributed by atoms with van der Waals surface area (Å²) in [5.74, 6) is 0.931. The highest BCUT2D eigenvalue weighted by molar-refractivity contribution is 5.74. The number of nitrogens with one attached hydrogen (secondary N) is 1. The fourth-order valence-corrected chi connectivity index (χ4v) is 2.32. The van der Waals surface area contributed by atoms with Crippen molar-refractivity contribution >= 4 is 6.29 Å². The predicted octanol–water partition coefficient (Wildman–Crippen LogP) is 0.990. The van der Waals surface area contributed by atoms with Gasteiger partial charge in [0.05, 0.1) is 5.69 Å². The Morgan fingerprint density at radius 2 is 2.40 bits per heavy atom. The van der Waals surface area contributed by atoms with Crippen LogP contribution in [0.1, 0.15) is 34.6 Å². The molecule has 4 nitrogen and oxygen atoms in total. The number of hydrogen-bond donors (Lipinski definition) is 1. The van der Waals surface area contributed by atoms with Crippen molar-refractivity contribution < 1.29 is 4.79 Å². The van der Waals surface area contributed by atoms with Gasteiger partial charge >= 0.3 is 0 Å². The van der Waals surface area contributed by atoms with Gasteiger partial charge in [-0.3, -0.25) is 14.8 Å². The predicted molar refractivity (Wildman–Crippen MR) is 55.7 cm³/mol. The average molecular weight is 205 g/mol. The van der Waals surface area contributed by atoms with Crippen molar-refractivity contribution in [2.75, 3.05) is 13.1 Å². The Balaban J connectivity index is 1.74. The van der Waals surface area contributed by atoms with Crippen LogP contribution in [0.15, 0.2) is 0 Å². The summed E-state index contributed by atoms with van der Waals surface area (Å²) in [5.41, 5.74) is 2.89. The third kappa shape index (κ3) is 1.69. The Kier molecular flexibility index (Phi) is 2.09. The highest BCUT2D eigenvalue weighted by atomic mass is 16.1. The van der Waals surface area contributed by atoms with Crippen molar-refractivity contribution in [1.82, 2.24) is 15.1 Å². The molecule has 0 amide bonds. The number of aromatic nitrogens is 2. The lowest BCUT2D eigenvalue weighted by molar-refractivity contribution is 0.111. The monoisotopic (exact) mass is 205 g/mol. The third-order valence-electron chi connectivity index (χ3n) is 3.37. The van der Waals surface area contributed by atoms with Gasteiger partial charge in [-0.15, -0.1) is 0 Å². The molecule has 1 fully saturated rings. The third-order valence-corrected chi connectivity index (χ3v) is 3.37. The minimum atomic E-state index is 0.607. The summed E-state index contributed by atoms with van der Waals surface area (Å²) in [7, 11) is 0. The van der Waals surface area contributed by atoms with Gasteiger partial charge in [0.1, 0.15) is 5.69 Å². The minimum absolute atomic E-state index is 0.607. The Morgan fingerprint density at radius 1 is 1.53 bits per heavy atom. The topological polar surface area (TPSA) is 49.0 Å². The van der Waals surface area contributed by atoms with Crippen LogP contribution in [-0.4, -0.2) is 34.5 Å². The van der Waals surface area contributed by atoms with Gasteiger partial charge in [-0.25, -0.2) is 0 Å². The van der Waals surface area contributed by atoms with Crippen LogP contribution in [0.5, 0.6) is 0 Å². The first-order chi connectivity index (χ1) is 7.36. The van der Waals surface area contributed by atoms with E-state index in [9.17, 15) is 4.79 Å². The first-order valence-corrected chi connectivity index (χ1v) is 5.60. The van der Waals surface area contributed by atoms with Gasteiger partial charge in [0.15, 0.2) is 6.29 Å². The molecule has 15 heavy (non-hydrogen) atoms. The van der Waals surface area contributed by atoms with E-state index in [1.165, 1.54) is 19.4 Å². The molecule has 0 unspecified atom stereocenters. The van der Waals surface area contributed by atoms with E-state index in [-0.39, 0.29) is 0 Å². The van der Waals surface area contributed by atoms with Crippen molar-refractivity contribution in [3.8, 4) is 0 Å². The summed E-state index contributed by atoms with van der Waals surface area (Å²) >= 11 is 0. The van der Waals surface area contributed by atoms with Gasteiger partial charge in [-0.2, -0.15) is 5.10 Å². The molecule has 0 bridgehead atoms. The van der Waals surface area contributed by atoms with Gasteiger partial charge in [0.2, 0.25) is 0 Å². The van der Waals surface area contributed by atoms with Crippen LogP contribution in [0.2, 0.25) is 0 Å². The smallest absolute Gasteiger partial charge is 0.170 e. The lowest BCUT2D eigenvalue weighted by Crippen LogP contribution is -2.32. The molecule has 0 radical (unpaired) electrons. The Hall–Kier alpha value is -1.16. The van der Waals surface area contributed by atoms with Crippen LogP contribution in [0, 0.1) is 5.92 Å². The zero-order chi connectivity index (χ0) is 10.3. The van der Waals surface area contributed by atoms with Crippen LogP contribution in [0.25, 0.3) is 0 Å². The average Bonchev–Trinajstić information content (AvgIpc) is 2.97. The zero-order valence-electron chi connectivity index (χ0n) is 8.70. The molecule has 2 aliphatic rings. The van der Waals surface area contributed by atoms with E-state index in [0.29, 0.717) is 5.69 Å². The van der Waals surface area contributed by atoms with E-state index in [2.05, 4.69) is 15.1 Å². The van der Waals surface area contributed by atoms with Gasteiger partial charge in [0, 0.05) is 25.2 Å². The summed E-state index contributed by atoms with van der Waals surface area (Å²) < 4.78 is 0. The molecule has 0 atom stereocenters. The Labute approximate surface area is 88.7 Å². The van der Waals surface area contributed by atoms with E-state index < -0.39 is 0 Å². The van der Waals surface area contributed by atoms with Gasteiger partial charge < -0.3 is 0 Å². The fraction of sp³-hybridized carbons (Fsp3) is 0.636. The molecule has 1 aromatic rings. The van der Waals surface area contributed by atoms with Crippen molar-refractivity contribution in [2.45, 2.75) is 25.8 Å². The molecule has 3 rings (SSSR count). The molecule has 4 heteroatoms. The number of rotatable bonds is 3. The normalized spacial score (nSPS) is 21.3. The van der Waals surface area contributed by atoms with Crippen molar-refractivity contribution in [3.05, 3.63) is 17.0 Å². The lowest BCUT2D eigenvalue weighted by Gasteiger charge is -2.26. The second-order valence-corrected chi connectivity index (χ2v) is 4.61. The zero-order valence-corrected chi connectivity index (χ0v) is 8.70. The Morgan fingerprint density at radius 3 is 3.13 bits per heavy atom. The molecule has 1 N–H and O–H groups in total. The number of nitrogens with zero attached hydrogens (tertiary/aromatic N) is 2. The number of carbonyl (C=O) groups is 1. The SMILES string of the molecule is O=Cc1n[nH]c2c1CCN(CC1CC1)C2. The molecule has 80 valence electrons. The van der Waals surface area contributed by atoms with E-state index in [4.69, 9.17) is 0 Å². The summed E-state index contributed by atoms with van der Waals surface area (Å²) in [6, 6.07) is 0. The number of H-pyrrole nitrogens is 1. The molecule has 0 spiro atoms.